The Labute approximate surface area is 277 Å². The molecule has 0 N–H and O–H groups in total. The molecule has 0 bridgehead atoms. The number of rotatable bonds is 4. The van der Waals surface area contributed by atoms with Crippen molar-refractivity contribution in [3.05, 3.63) is 112 Å². The van der Waals surface area contributed by atoms with E-state index in [9.17, 15) is 0 Å². The summed E-state index contributed by atoms with van der Waals surface area (Å²) in [4.78, 5) is 4.83. The summed E-state index contributed by atoms with van der Waals surface area (Å²) in [6, 6.07) is 32.6. The Morgan fingerprint density at radius 3 is 2.58 bits per heavy atom. The molecule has 0 fully saturated rings. The van der Waals surface area contributed by atoms with Gasteiger partial charge in [-0.3, -0.25) is 0 Å². The average Bonchev–Trinajstić information content (AvgIpc) is 3.53. The Kier molecular flexibility index (Phi) is 5.85. The Morgan fingerprint density at radius 1 is 0.889 bits per heavy atom. The van der Waals surface area contributed by atoms with Crippen LogP contribution in [0.15, 0.2) is 85.1 Å². The molecule has 0 spiro atoms. The molecule has 6 nitrogen and oxygen atoms in total. The van der Waals surface area contributed by atoms with Crippen molar-refractivity contribution in [2.45, 2.75) is 39.0 Å². The number of nitrogens with zero attached hydrogens (tertiary/aromatic N) is 4. The molecule has 0 radical (unpaired) electrons. The molecule has 0 atom stereocenters. The van der Waals surface area contributed by atoms with Gasteiger partial charge < -0.3 is 4.74 Å². The van der Waals surface area contributed by atoms with Crippen molar-refractivity contribution in [1.82, 2.24) is 18.7 Å². The molecule has 1 aliphatic heterocycles. The minimum absolute atomic E-state index is 0.0524. The van der Waals surface area contributed by atoms with Crippen LogP contribution in [-0.2, 0) is 38.2 Å². The van der Waals surface area contributed by atoms with Gasteiger partial charge in [0.15, 0.2) is 0 Å². The summed E-state index contributed by atoms with van der Waals surface area (Å²) in [5.41, 5.74) is 6.24. The van der Waals surface area contributed by atoms with Crippen LogP contribution in [0.5, 0.6) is 17.2 Å². The molecule has 0 amide bonds. The number of hydrogen-bond donors (Lipinski definition) is 0. The molecule has 228 valence electrons. The molecule has 4 aromatic carbocycles. The molecule has 0 saturated carbocycles. The second-order valence-corrected chi connectivity index (χ2v) is 13.4. The first-order valence-electron chi connectivity index (χ1n) is 16.5. The van der Waals surface area contributed by atoms with Crippen molar-refractivity contribution in [1.29, 1.82) is 0 Å². The number of imidazole rings is 1. The van der Waals surface area contributed by atoms with E-state index in [4.69, 9.17) is 18.6 Å². The van der Waals surface area contributed by atoms with Gasteiger partial charge in [-0.25, -0.2) is 0 Å². The van der Waals surface area contributed by atoms with Crippen LogP contribution >= 0.6 is 0 Å². The van der Waals surface area contributed by atoms with Crippen LogP contribution in [0.1, 0.15) is 42.4 Å². The maximum atomic E-state index is 8.16. The number of ether oxygens (including phenoxy) is 2. The second kappa shape index (κ2) is 10.6. The van der Waals surface area contributed by atoms with E-state index < -0.39 is 6.98 Å². The van der Waals surface area contributed by atoms with E-state index in [1.165, 1.54) is 15.7 Å². The first-order valence-corrected chi connectivity index (χ1v) is 16.1. The van der Waals surface area contributed by atoms with Crippen LogP contribution in [0.25, 0.3) is 44.3 Å². The predicted molar refractivity (Wildman–Crippen MR) is 174 cm³/mol. The number of fused-ring (bicyclic) bond motifs is 5. The Balaban J connectivity index is 1.26. The standard InChI is InChI=1S/C38H32N4O2.Pt/c1-38(2,3)26-16-17-39-37(20-26)42-34-22-29(14-15-30(34)31-19-25-9-8-18-43-36(25)23-35(31)42)44-28-11-7-10-27(21-28)41-24-40(4)32-12-5-6-13-33(32)41;/h5-7,10-17,19-20,23H,8-9,18H2,1-4H3;/q-2;/i4D3;. The Hall–Kier alpha value is -4.41. The zero-order chi connectivity index (χ0) is 33.4. The summed E-state index contributed by atoms with van der Waals surface area (Å²) >= 11 is 2.06. The number of aryl methyl sites for hydroxylation is 2. The van der Waals surface area contributed by atoms with E-state index in [2.05, 4.69) is 87.2 Å². The summed E-state index contributed by atoms with van der Waals surface area (Å²) in [7, 11) is 0. The molecule has 0 saturated heterocycles. The Morgan fingerprint density at radius 2 is 1.73 bits per heavy atom. The van der Waals surface area contributed by atoms with Crippen LogP contribution in [0.2, 0.25) is 0 Å². The zero-order valence-electron chi connectivity index (χ0n) is 28.1. The fourth-order valence-corrected chi connectivity index (χ4v) is 6.99. The normalized spacial score (nSPS) is 14.6. The van der Waals surface area contributed by atoms with Gasteiger partial charge in [0, 0.05) is 6.20 Å². The number of hydrogen-bond acceptors (Lipinski definition) is 3. The van der Waals surface area contributed by atoms with Crippen LogP contribution < -0.4 is 9.47 Å². The van der Waals surface area contributed by atoms with Gasteiger partial charge in [-0.15, -0.1) is 0 Å². The predicted octanol–water partition coefficient (Wildman–Crippen LogP) is 8.56. The molecular weight excluding hydrogens is 740 g/mol. The molecule has 0 unspecified atom stereocenters. The number of aromatic nitrogens is 4. The summed E-state index contributed by atoms with van der Waals surface area (Å²) < 4.78 is 43.0. The van der Waals surface area contributed by atoms with E-state index >= 15 is 0 Å². The molecule has 1 aliphatic rings. The third kappa shape index (κ3) is 4.74. The molecular formula is C38H32N4O2Pt-2. The molecule has 7 aromatic rings. The third-order valence-corrected chi connectivity index (χ3v) is 9.46. The summed E-state index contributed by atoms with van der Waals surface area (Å²) in [5.74, 6) is 2.73. The van der Waals surface area contributed by atoms with E-state index in [1.54, 1.807) is 0 Å². The minimum atomic E-state index is -2.34. The SMILES string of the molecule is [2H]C([2H])([2H])n1[c](=[Pt])n(-c2[c-]c(Oc3[c-]c4c(cc3)c3cc5c(cc3n4-c3cc(C(C)(C)C)ccn3)OCCC5)ccc2)c2ccccc21. The van der Waals surface area contributed by atoms with Gasteiger partial charge in [0.2, 0.25) is 0 Å². The summed E-state index contributed by atoms with van der Waals surface area (Å²) in [6.45, 7) is 4.97. The third-order valence-electron chi connectivity index (χ3n) is 8.44. The zero-order valence-corrected chi connectivity index (χ0v) is 27.4. The average molecular weight is 775 g/mol. The summed E-state index contributed by atoms with van der Waals surface area (Å²) in [6.07, 6.45) is 3.85. The van der Waals surface area contributed by atoms with Crippen LogP contribution in [0.3, 0.4) is 0 Å². The summed E-state index contributed by atoms with van der Waals surface area (Å²) in [5, 5.41) is 2.17. The van der Waals surface area contributed by atoms with E-state index in [0.29, 0.717) is 33.1 Å². The van der Waals surface area contributed by atoms with Crippen molar-refractivity contribution >= 4 is 32.8 Å². The molecule has 3 aromatic heterocycles. The van der Waals surface area contributed by atoms with Gasteiger partial charge in [-0.2, -0.15) is 0 Å². The molecule has 0 aliphatic carbocycles. The quantitative estimate of drug-likeness (QED) is 0.169. The van der Waals surface area contributed by atoms with Gasteiger partial charge >= 0.3 is 198 Å². The van der Waals surface area contributed by atoms with Crippen LogP contribution in [0.4, 0.5) is 0 Å². The van der Waals surface area contributed by atoms with E-state index in [1.807, 2.05) is 59.3 Å². The fourth-order valence-electron chi connectivity index (χ4n) is 6.16. The topological polar surface area (TPSA) is 46.1 Å². The first-order chi connectivity index (χ1) is 23.0. The molecule has 7 heteroatoms. The van der Waals surface area contributed by atoms with E-state index in [0.717, 1.165) is 51.7 Å². The first kappa shape index (κ1) is 24.9. The van der Waals surface area contributed by atoms with Crippen molar-refractivity contribution in [2.75, 3.05) is 6.61 Å². The van der Waals surface area contributed by atoms with Gasteiger partial charge in [-0.1, -0.05) is 20.8 Å². The molecule has 4 heterocycles. The van der Waals surface area contributed by atoms with Crippen molar-refractivity contribution in [2.24, 2.45) is 6.98 Å². The van der Waals surface area contributed by atoms with Crippen LogP contribution in [0, 0.1) is 15.9 Å². The number of para-hydroxylation sites is 2. The maximum absolute atomic E-state index is 8.16. The van der Waals surface area contributed by atoms with Gasteiger partial charge in [0.25, 0.3) is 0 Å². The van der Waals surface area contributed by atoms with Gasteiger partial charge in [-0.05, 0) is 35.4 Å². The van der Waals surface area contributed by atoms with E-state index in [-0.39, 0.29) is 5.41 Å². The number of benzene rings is 4. The molecule has 45 heavy (non-hydrogen) atoms. The number of pyridine rings is 1. The van der Waals surface area contributed by atoms with Crippen molar-refractivity contribution in [3.8, 4) is 28.8 Å². The van der Waals surface area contributed by atoms with Crippen LogP contribution in [-0.4, -0.2) is 25.3 Å². The monoisotopic (exact) mass is 774 g/mol. The molecule has 8 rings (SSSR count). The second-order valence-electron chi connectivity index (χ2n) is 12.4. The van der Waals surface area contributed by atoms with Gasteiger partial charge in [0.05, 0.1) is 6.61 Å². The van der Waals surface area contributed by atoms with Crippen molar-refractivity contribution in [3.63, 3.8) is 0 Å². The fraction of sp³-hybridized carbons (Fsp3) is 0.211. The Bertz CT molecular complexity index is 2450. The van der Waals surface area contributed by atoms with Gasteiger partial charge in [0.1, 0.15) is 5.75 Å². The van der Waals surface area contributed by atoms with Crippen molar-refractivity contribution < 1.29 is 32.9 Å².